The molecule has 1 aromatic rings. The second kappa shape index (κ2) is 7.29. The van der Waals surface area contributed by atoms with Gasteiger partial charge in [-0.2, -0.15) is 0 Å². The van der Waals surface area contributed by atoms with Crippen molar-refractivity contribution in [1.82, 2.24) is 0 Å². The van der Waals surface area contributed by atoms with Crippen LogP contribution in [0.3, 0.4) is 0 Å². The molecule has 3 aliphatic heterocycles. The molecule has 3 aliphatic rings. The summed E-state index contributed by atoms with van der Waals surface area (Å²) in [7, 11) is -3.01. The summed E-state index contributed by atoms with van der Waals surface area (Å²) in [6.45, 7) is 1.96. The van der Waals surface area contributed by atoms with Crippen LogP contribution in [0.5, 0.6) is 0 Å². The molecule has 1 N–H and O–H groups in total. The highest BCUT2D eigenvalue weighted by molar-refractivity contribution is 8.93. The summed E-state index contributed by atoms with van der Waals surface area (Å²) in [5.74, 6) is 0.308. The molecule has 0 saturated carbocycles. The van der Waals surface area contributed by atoms with Crippen LogP contribution in [0.4, 0.5) is 11.4 Å². The van der Waals surface area contributed by atoms with E-state index in [0.717, 1.165) is 37.3 Å². The summed E-state index contributed by atoms with van der Waals surface area (Å²) in [4.78, 5) is 4.24. The predicted octanol–water partition coefficient (Wildman–Crippen LogP) is 3.56. The van der Waals surface area contributed by atoms with E-state index in [4.69, 9.17) is 17.0 Å². The number of thioether (sulfide) groups is 1. The summed E-state index contributed by atoms with van der Waals surface area (Å²) in [5, 5.41) is 9.46. The lowest BCUT2D eigenvalue weighted by molar-refractivity contribution is 0.577. The number of nitrogens with one attached hydrogen (secondary N) is 1. The summed E-state index contributed by atoms with van der Waals surface area (Å²) < 4.78 is 24.1. The molecule has 2 atom stereocenters. The largest absolute Gasteiger partial charge is 0.370 e. The number of piperidine rings is 1. The first-order valence-corrected chi connectivity index (χ1v) is 11.3. The van der Waals surface area contributed by atoms with Gasteiger partial charge in [0.2, 0.25) is 0 Å². The highest BCUT2D eigenvalue weighted by Crippen LogP contribution is 2.44. The van der Waals surface area contributed by atoms with Gasteiger partial charge in [0.25, 0.3) is 0 Å². The molecule has 0 aromatic heterocycles. The zero-order chi connectivity index (χ0) is 16.9. The van der Waals surface area contributed by atoms with E-state index < -0.39 is 9.84 Å². The average Bonchev–Trinajstić information content (AvgIpc) is 2.98. The smallest absolute Gasteiger partial charge is 0.161 e. The lowest BCUT2D eigenvalue weighted by Crippen LogP contribution is -2.39. The Labute approximate surface area is 168 Å². The monoisotopic (exact) mass is 465 g/mol. The van der Waals surface area contributed by atoms with E-state index in [1.165, 1.54) is 18.2 Å². The predicted molar refractivity (Wildman–Crippen MR) is 112 cm³/mol. The van der Waals surface area contributed by atoms with Gasteiger partial charge in [0, 0.05) is 23.4 Å². The number of nitrogens with zero attached hydrogens (tertiary/aromatic N) is 2. The van der Waals surface area contributed by atoms with Gasteiger partial charge in [-0.25, -0.2) is 8.42 Å². The highest BCUT2D eigenvalue weighted by atomic mass is 79.9. The Balaban J connectivity index is 0.00000182. The van der Waals surface area contributed by atoms with Gasteiger partial charge in [0.15, 0.2) is 15.0 Å². The first-order valence-electron chi connectivity index (χ1n) is 8.24. The molecule has 9 heteroatoms. The minimum atomic E-state index is -3.01. The third kappa shape index (κ3) is 3.68. The molecule has 1 aromatic carbocycles. The molecule has 0 radical (unpaired) electrons. The molecule has 3 saturated heterocycles. The SMILES string of the molecule is Br.N=C1SC2CS(=O)(=O)CC2N1c1ccc(Cl)cc1N1CCCCC1. The van der Waals surface area contributed by atoms with Crippen LogP contribution >= 0.6 is 40.3 Å². The quantitative estimate of drug-likeness (QED) is 0.722. The van der Waals surface area contributed by atoms with Crippen LogP contribution in [0.25, 0.3) is 0 Å². The topological polar surface area (TPSA) is 64.5 Å². The van der Waals surface area contributed by atoms with Gasteiger partial charge in [-0.05, 0) is 37.5 Å². The summed E-state index contributed by atoms with van der Waals surface area (Å²) >= 11 is 7.62. The maximum atomic E-state index is 12.0. The molecule has 0 aliphatic carbocycles. The molecule has 138 valence electrons. The summed E-state index contributed by atoms with van der Waals surface area (Å²) in [5.41, 5.74) is 1.95. The summed E-state index contributed by atoms with van der Waals surface area (Å²) in [6.07, 6.45) is 3.54. The Hall–Kier alpha value is -0.440. The van der Waals surface area contributed by atoms with Crippen molar-refractivity contribution in [2.75, 3.05) is 34.4 Å². The molecular formula is C16H21BrClN3O2S2. The maximum absolute atomic E-state index is 12.0. The normalized spacial score (nSPS) is 28.0. The number of anilines is 2. The van der Waals surface area contributed by atoms with Crippen molar-refractivity contribution in [3.8, 4) is 0 Å². The fourth-order valence-corrected chi connectivity index (χ4v) is 7.83. The van der Waals surface area contributed by atoms with Gasteiger partial charge in [-0.3, -0.25) is 5.41 Å². The Kier molecular flexibility index (Phi) is 5.63. The van der Waals surface area contributed by atoms with E-state index in [-0.39, 0.29) is 39.8 Å². The van der Waals surface area contributed by atoms with Crippen molar-refractivity contribution in [3.05, 3.63) is 23.2 Å². The van der Waals surface area contributed by atoms with Crippen molar-refractivity contribution in [2.45, 2.75) is 30.6 Å². The Bertz CT molecular complexity index is 784. The van der Waals surface area contributed by atoms with Gasteiger partial charge in [0.05, 0.1) is 28.9 Å². The highest BCUT2D eigenvalue weighted by Gasteiger charge is 2.49. The van der Waals surface area contributed by atoms with Crippen LogP contribution < -0.4 is 9.80 Å². The molecule has 3 heterocycles. The van der Waals surface area contributed by atoms with Crippen LogP contribution in [-0.4, -0.2) is 49.5 Å². The molecule has 0 bridgehead atoms. The van der Waals surface area contributed by atoms with Gasteiger partial charge in [-0.1, -0.05) is 23.4 Å². The van der Waals surface area contributed by atoms with Crippen molar-refractivity contribution >= 4 is 66.7 Å². The second-order valence-electron chi connectivity index (χ2n) is 6.66. The zero-order valence-electron chi connectivity index (χ0n) is 13.7. The first-order chi connectivity index (χ1) is 11.4. The third-order valence-electron chi connectivity index (χ3n) is 4.98. The lowest BCUT2D eigenvalue weighted by Gasteiger charge is -2.34. The Morgan fingerprint density at radius 1 is 1.12 bits per heavy atom. The van der Waals surface area contributed by atoms with Gasteiger partial charge < -0.3 is 9.80 Å². The van der Waals surface area contributed by atoms with E-state index in [0.29, 0.717) is 10.2 Å². The van der Waals surface area contributed by atoms with Crippen LogP contribution in [0, 0.1) is 5.41 Å². The van der Waals surface area contributed by atoms with Gasteiger partial charge >= 0.3 is 0 Å². The van der Waals surface area contributed by atoms with E-state index in [1.807, 2.05) is 23.1 Å². The fourth-order valence-electron chi connectivity index (χ4n) is 3.88. The summed E-state index contributed by atoms with van der Waals surface area (Å²) in [6, 6.07) is 5.59. The van der Waals surface area contributed by atoms with Gasteiger partial charge in [-0.15, -0.1) is 17.0 Å². The third-order valence-corrected chi connectivity index (χ3v) is 8.35. The molecule has 3 fully saturated rings. The van der Waals surface area contributed by atoms with Crippen molar-refractivity contribution < 1.29 is 8.42 Å². The number of rotatable bonds is 2. The molecule has 4 rings (SSSR count). The molecular weight excluding hydrogens is 446 g/mol. The number of fused-ring (bicyclic) bond motifs is 1. The second-order valence-corrected chi connectivity index (χ2v) is 10.5. The standard InChI is InChI=1S/C16H20ClN3O2S2.BrH/c17-11-4-5-12(13(8-11)19-6-2-1-3-7-19)20-14-9-24(21,22)10-15(14)23-16(20)18;/h4-5,8,14-15,18H,1-3,6-7,9-10H2;1H. The molecule has 2 unspecified atom stereocenters. The van der Waals surface area contributed by atoms with Gasteiger partial charge in [0.1, 0.15) is 0 Å². The number of sulfone groups is 1. The number of hydrogen-bond donors (Lipinski definition) is 1. The average molecular weight is 467 g/mol. The first kappa shape index (κ1) is 19.3. The minimum absolute atomic E-state index is 0. The fraction of sp³-hybridized carbons (Fsp3) is 0.562. The molecule has 25 heavy (non-hydrogen) atoms. The molecule has 5 nitrogen and oxygen atoms in total. The number of hydrogen-bond acceptors (Lipinski definition) is 5. The number of halogens is 2. The van der Waals surface area contributed by atoms with E-state index in [2.05, 4.69) is 4.90 Å². The molecule has 0 spiro atoms. The van der Waals surface area contributed by atoms with E-state index in [9.17, 15) is 8.42 Å². The maximum Gasteiger partial charge on any atom is 0.161 e. The van der Waals surface area contributed by atoms with E-state index >= 15 is 0 Å². The Morgan fingerprint density at radius 3 is 2.56 bits per heavy atom. The van der Waals surface area contributed by atoms with Crippen molar-refractivity contribution in [1.29, 1.82) is 5.41 Å². The number of benzene rings is 1. The zero-order valence-corrected chi connectivity index (χ0v) is 17.8. The van der Waals surface area contributed by atoms with E-state index in [1.54, 1.807) is 0 Å². The van der Waals surface area contributed by atoms with Crippen molar-refractivity contribution in [2.24, 2.45) is 0 Å². The van der Waals surface area contributed by atoms with Crippen LogP contribution in [0.2, 0.25) is 5.02 Å². The molecule has 0 amide bonds. The van der Waals surface area contributed by atoms with Crippen LogP contribution in [-0.2, 0) is 9.84 Å². The Morgan fingerprint density at radius 2 is 1.84 bits per heavy atom. The van der Waals surface area contributed by atoms with Crippen LogP contribution in [0.15, 0.2) is 18.2 Å². The number of amidine groups is 1. The lowest BCUT2D eigenvalue weighted by atomic mass is 10.1. The van der Waals surface area contributed by atoms with Crippen LogP contribution in [0.1, 0.15) is 19.3 Å². The van der Waals surface area contributed by atoms with Crippen molar-refractivity contribution in [3.63, 3.8) is 0 Å². The minimum Gasteiger partial charge on any atom is -0.370 e.